The van der Waals surface area contributed by atoms with E-state index in [4.69, 9.17) is 18.0 Å². The van der Waals surface area contributed by atoms with Gasteiger partial charge in [-0.1, -0.05) is 80.2 Å². The fraction of sp³-hybridized carbons (Fsp3) is 0.867. The predicted molar refractivity (Wildman–Crippen MR) is 171 cm³/mol. The van der Waals surface area contributed by atoms with Gasteiger partial charge in [-0.3, -0.25) is 0 Å². The molecular formula is C30H62O5Si3. The SMILES string of the molecule is C=CC(O[Si](C)(C)C(C)(C)C)C(OCCCO[Si](C)(C)C(C)(C)C)C(CC#CCO)O[Si](C)(C)C(C)(C)C. The third-order valence-electron chi connectivity index (χ3n) is 8.79. The summed E-state index contributed by atoms with van der Waals surface area (Å²) >= 11 is 0. The summed E-state index contributed by atoms with van der Waals surface area (Å²) < 4.78 is 26.8. The van der Waals surface area contributed by atoms with E-state index in [1.54, 1.807) is 0 Å². The van der Waals surface area contributed by atoms with Gasteiger partial charge in [0.05, 0.1) is 12.2 Å². The molecule has 0 heterocycles. The van der Waals surface area contributed by atoms with Crippen molar-refractivity contribution in [1.82, 2.24) is 0 Å². The second-order valence-corrected chi connectivity index (χ2v) is 29.3. The molecule has 224 valence electrons. The summed E-state index contributed by atoms with van der Waals surface area (Å²) in [6.45, 7) is 39.0. The van der Waals surface area contributed by atoms with Gasteiger partial charge < -0.3 is 23.1 Å². The number of aliphatic hydroxyl groups excluding tert-OH is 1. The van der Waals surface area contributed by atoms with E-state index in [9.17, 15) is 5.11 Å². The first-order valence-electron chi connectivity index (χ1n) is 14.2. The predicted octanol–water partition coefficient (Wildman–Crippen LogP) is 8.14. The van der Waals surface area contributed by atoms with Crippen molar-refractivity contribution < 1.29 is 23.1 Å². The van der Waals surface area contributed by atoms with E-state index in [1.165, 1.54) is 0 Å². The van der Waals surface area contributed by atoms with Crippen molar-refractivity contribution in [3.05, 3.63) is 12.7 Å². The van der Waals surface area contributed by atoms with Crippen molar-refractivity contribution in [2.75, 3.05) is 19.8 Å². The molecule has 0 amide bonds. The van der Waals surface area contributed by atoms with Crippen LogP contribution in [0.25, 0.3) is 0 Å². The van der Waals surface area contributed by atoms with Crippen LogP contribution in [0.5, 0.6) is 0 Å². The van der Waals surface area contributed by atoms with Crippen LogP contribution in [-0.2, 0) is 18.0 Å². The minimum Gasteiger partial charge on any atom is -0.417 e. The Morgan fingerprint density at radius 3 is 1.63 bits per heavy atom. The van der Waals surface area contributed by atoms with Crippen LogP contribution in [0.3, 0.4) is 0 Å². The minimum atomic E-state index is -2.15. The molecule has 0 saturated carbocycles. The Kier molecular flexibility index (Phi) is 14.5. The molecule has 0 radical (unpaired) electrons. The Bertz CT molecular complexity index is 777. The molecule has 0 aliphatic rings. The molecule has 0 bridgehead atoms. The van der Waals surface area contributed by atoms with Crippen LogP contribution in [0.1, 0.15) is 75.2 Å². The van der Waals surface area contributed by atoms with Crippen molar-refractivity contribution in [2.45, 2.75) is 148 Å². The highest BCUT2D eigenvalue weighted by Crippen LogP contribution is 2.41. The molecular weight excluding hydrogens is 525 g/mol. The molecule has 0 aromatic carbocycles. The van der Waals surface area contributed by atoms with Gasteiger partial charge in [0.2, 0.25) is 0 Å². The normalized spacial score (nSPS) is 16.4. The monoisotopic (exact) mass is 586 g/mol. The van der Waals surface area contributed by atoms with Gasteiger partial charge in [-0.2, -0.15) is 0 Å². The first-order valence-corrected chi connectivity index (χ1v) is 23.0. The average Bonchev–Trinajstić information content (AvgIpc) is 2.71. The van der Waals surface area contributed by atoms with Gasteiger partial charge in [0.1, 0.15) is 12.7 Å². The highest BCUT2D eigenvalue weighted by atomic mass is 28.4. The smallest absolute Gasteiger partial charge is 0.193 e. The fourth-order valence-electron chi connectivity index (χ4n) is 3.01. The number of hydrogen-bond acceptors (Lipinski definition) is 5. The maximum atomic E-state index is 9.32. The van der Waals surface area contributed by atoms with E-state index >= 15 is 0 Å². The number of hydrogen-bond donors (Lipinski definition) is 1. The van der Waals surface area contributed by atoms with Gasteiger partial charge in [0.15, 0.2) is 25.0 Å². The zero-order valence-corrected chi connectivity index (χ0v) is 30.6. The zero-order valence-electron chi connectivity index (χ0n) is 27.6. The molecule has 38 heavy (non-hydrogen) atoms. The first kappa shape index (κ1) is 37.8. The topological polar surface area (TPSA) is 57.2 Å². The molecule has 5 nitrogen and oxygen atoms in total. The van der Waals surface area contributed by atoms with Crippen LogP contribution in [-0.4, -0.2) is 68.2 Å². The summed E-state index contributed by atoms with van der Waals surface area (Å²) in [6.07, 6.45) is 2.13. The van der Waals surface area contributed by atoms with Gasteiger partial charge >= 0.3 is 0 Å². The maximum absolute atomic E-state index is 9.32. The summed E-state index contributed by atoms with van der Waals surface area (Å²) in [7, 11) is -6.09. The quantitative estimate of drug-likeness (QED) is 0.0963. The Labute approximate surface area is 239 Å². The number of aliphatic hydroxyl groups is 1. The summed E-state index contributed by atoms with van der Waals surface area (Å²) in [4.78, 5) is 0. The van der Waals surface area contributed by atoms with E-state index in [-0.39, 0.29) is 40.0 Å². The molecule has 0 aromatic rings. The van der Waals surface area contributed by atoms with Crippen LogP contribution in [0.4, 0.5) is 0 Å². The molecule has 0 aliphatic carbocycles. The van der Waals surface area contributed by atoms with Crippen molar-refractivity contribution >= 4 is 25.0 Å². The Morgan fingerprint density at radius 1 is 0.737 bits per heavy atom. The van der Waals surface area contributed by atoms with E-state index in [2.05, 4.69) is 120 Å². The largest absolute Gasteiger partial charge is 0.417 e. The lowest BCUT2D eigenvalue weighted by atomic mass is 10.1. The van der Waals surface area contributed by atoms with Crippen LogP contribution >= 0.6 is 0 Å². The summed E-state index contributed by atoms with van der Waals surface area (Å²) in [6, 6.07) is 0. The number of rotatable bonds is 14. The van der Waals surface area contributed by atoms with E-state index < -0.39 is 25.0 Å². The second kappa shape index (κ2) is 14.6. The van der Waals surface area contributed by atoms with Crippen LogP contribution in [0.2, 0.25) is 54.4 Å². The zero-order chi connectivity index (χ0) is 30.2. The standard InChI is InChI=1S/C30H62O5Si3/c1-17-25(34-37(13,14)29(5,6)7)27(32-23-20-24-33-36(11,12)28(2,3)4)26(21-18-19-22-31)35-38(15,16)30(8,9)10/h17,25-27,31H,1,20-24H2,2-16H3. The second-order valence-electron chi connectivity index (χ2n) is 15.0. The average molecular weight is 587 g/mol. The van der Waals surface area contributed by atoms with Crippen LogP contribution in [0.15, 0.2) is 12.7 Å². The first-order chi connectivity index (χ1) is 16.9. The Morgan fingerprint density at radius 2 is 1.21 bits per heavy atom. The van der Waals surface area contributed by atoms with Crippen LogP contribution in [0, 0.1) is 11.8 Å². The van der Waals surface area contributed by atoms with E-state index in [1.807, 2.05) is 6.08 Å². The lowest BCUT2D eigenvalue weighted by molar-refractivity contribution is -0.0769. The van der Waals surface area contributed by atoms with Gasteiger partial charge in [0.25, 0.3) is 0 Å². The summed E-state index contributed by atoms with van der Waals surface area (Å²) in [5.41, 5.74) is 0. The highest BCUT2D eigenvalue weighted by Gasteiger charge is 2.45. The van der Waals surface area contributed by atoms with Gasteiger partial charge in [0, 0.05) is 19.6 Å². The van der Waals surface area contributed by atoms with Crippen molar-refractivity contribution in [2.24, 2.45) is 0 Å². The van der Waals surface area contributed by atoms with Crippen LogP contribution < -0.4 is 0 Å². The molecule has 0 rings (SSSR count). The maximum Gasteiger partial charge on any atom is 0.193 e. The Balaban J connectivity index is 6.11. The lowest BCUT2D eigenvalue weighted by Gasteiger charge is -2.45. The molecule has 0 aliphatic heterocycles. The summed E-state index contributed by atoms with van der Waals surface area (Å²) in [5, 5.41) is 9.57. The molecule has 1 N–H and O–H groups in total. The molecule has 0 saturated heterocycles. The molecule has 8 heteroatoms. The molecule has 3 unspecified atom stereocenters. The third-order valence-corrected chi connectivity index (χ3v) is 22.3. The molecule has 0 aromatic heterocycles. The van der Waals surface area contributed by atoms with Crippen molar-refractivity contribution in [1.29, 1.82) is 0 Å². The van der Waals surface area contributed by atoms with E-state index in [0.717, 1.165) is 6.42 Å². The van der Waals surface area contributed by atoms with Gasteiger partial charge in [-0.05, 0) is 60.8 Å². The van der Waals surface area contributed by atoms with E-state index in [0.29, 0.717) is 19.6 Å². The fourth-order valence-corrected chi connectivity index (χ4v) is 6.69. The molecule has 0 spiro atoms. The highest BCUT2D eigenvalue weighted by molar-refractivity contribution is 6.75. The van der Waals surface area contributed by atoms with Crippen molar-refractivity contribution in [3.8, 4) is 11.8 Å². The Hall–Kier alpha value is -0.249. The summed E-state index contributed by atoms with van der Waals surface area (Å²) in [5.74, 6) is 5.93. The lowest BCUT2D eigenvalue weighted by Crippen LogP contribution is -2.53. The molecule has 0 fully saturated rings. The number of ether oxygens (including phenoxy) is 1. The van der Waals surface area contributed by atoms with Crippen molar-refractivity contribution in [3.63, 3.8) is 0 Å². The minimum absolute atomic E-state index is 0.0289. The molecule has 3 atom stereocenters. The van der Waals surface area contributed by atoms with Gasteiger partial charge in [-0.25, -0.2) is 0 Å². The third kappa shape index (κ3) is 11.7. The van der Waals surface area contributed by atoms with Gasteiger partial charge in [-0.15, -0.1) is 6.58 Å².